The number of amides is 1. The molecule has 10 heteroatoms. The number of carbonyl (C=O) groups excluding carboxylic acids is 1. The summed E-state index contributed by atoms with van der Waals surface area (Å²) in [6, 6.07) is 20.3. The van der Waals surface area contributed by atoms with E-state index in [9.17, 15) is 4.79 Å². The molecule has 0 aliphatic carbocycles. The molecule has 3 aromatic carbocycles. The van der Waals surface area contributed by atoms with Gasteiger partial charge in [0.2, 0.25) is 5.91 Å². The highest BCUT2D eigenvalue weighted by Gasteiger charge is 2.21. The maximum atomic E-state index is 12.7. The fourth-order valence-corrected chi connectivity index (χ4v) is 4.85. The van der Waals surface area contributed by atoms with Gasteiger partial charge in [-0.2, -0.15) is 0 Å². The number of hydrogen-bond donors (Lipinski definition) is 1. The standard InChI is InChI=1S/C26H24Cl2N4O3S/c1-16(17-7-5-4-6-8-17)29-24(33)15-36-26-31-30-25(20-13-18(27)9-11-22(20)34-2)32(26)19-10-12-23(35-3)21(28)14-19/h4-14,16H,15H2,1-3H3,(H,29,33)/t16-/m0/s1. The van der Waals surface area contributed by atoms with Gasteiger partial charge in [0.1, 0.15) is 11.5 Å². The molecule has 0 bridgehead atoms. The number of nitrogens with zero attached hydrogens (tertiary/aromatic N) is 3. The SMILES string of the molecule is COc1ccc(-n2c(SCC(=O)N[C@@H](C)c3ccccc3)nnc2-c2cc(Cl)ccc2OC)cc1Cl. The van der Waals surface area contributed by atoms with Crippen LogP contribution >= 0.6 is 35.0 Å². The molecule has 1 N–H and O–H groups in total. The first-order valence-corrected chi connectivity index (χ1v) is 12.8. The van der Waals surface area contributed by atoms with Gasteiger partial charge >= 0.3 is 0 Å². The van der Waals surface area contributed by atoms with E-state index in [2.05, 4.69) is 15.5 Å². The highest BCUT2D eigenvalue weighted by atomic mass is 35.5. The van der Waals surface area contributed by atoms with Gasteiger partial charge in [0.05, 0.1) is 42.3 Å². The number of thioether (sulfide) groups is 1. The van der Waals surface area contributed by atoms with Crippen LogP contribution in [0.4, 0.5) is 0 Å². The number of halogens is 2. The highest BCUT2D eigenvalue weighted by Crippen LogP contribution is 2.36. The summed E-state index contributed by atoms with van der Waals surface area (Å²) in [6.45, 7) is 1.95. The van der Waals surface area contributed by atoms with Crippen molar-refractivity contribution in [1.82, 2.24) is 20.1 Å². The van der Waals surface area contributed by atoms with Crippen molar-refractivity contribution >= 4 is 40.9 Å². The lowest BCUT2D eigenvalue weighted by Gasteiger charge is -2.15. The summed E-state index contributed by atoms with van der Waals surface area (Å²) in [5, 5.41) is 13.3. The van der Waals surface area contributed by atoms with Crippen molar-refractivity contribution in [1.29, 1.82) is 0 Å². The van der Waals surface area contributed by atoms with E-state index in [1.54, 1.807) is 44.6 Å². The van der Waals surface area contributed by atoms with E-state index in [-0.39, 0.29) is 17.7 Å². The second-order valence-electron chi connectivity index (χ2n) is 7.79. The topological polar surface area (TPSA) is 78.3 Å². The molecule has 0 fully saturated rings. The number of aromatic nitrogens is 3. The molecular weight excluding hydrogens is 519 g/mol. The van der Waals surface area contributed by atoms with E-state index in [0.717, 1.165) is 5.56 Å². The maximum absolute atomic E-state index is 12.7. The molecular formula is C26H24Cl2N4O3S. The van der Waals surface area contributed by atoms with Crippen LogP contribution in [0.3, 0.4) is 0 Å². The molecule has 186 valence electrons. The number of methoxy groups -OCH3 is 2. The quantitative estimate of drug-likeness (QED) is 0.252. The number of hydrogen-bond acceptors (Lipinski definition) is 6. The third-order valence-corrected chi connectivity index (χ3v) is 6.90. The van der Waals surface area contributed by atoms with Gasteiger partial charge in [0.15, 0.2) is 11.0 Å². The summed E-state index contributed by atoms with van der Waals surface area (Å²) >= 11 is 14.0. The highest BCUT2D eigenvalue weighted by molar-refractivity contribution is 7.99. The van der Waals surface area contributed by atoms with E-state index in [1.165, 1.54) is 11.8 Å². The minimum absolute atomic E-state index is 0.121. The molecule has 1 atom stereocenters. The Kier molecular flexibility index (Phi) is 8.40. The van der Waals surface area contributed by atoms with Crippen molar-refractivity contribution in [3.63, 3.8) is 0 Å². The predicted molar refractivity (Wildman–Crippen MR) is 144 cm³/mol. The van der Waals surface area contributed by atoms with Crippen molar-refractivity contribution in [2.75, 3.05) is 20.0 Å². The fraction of sp³-hybridized carbons (Fsp3) is 0.192. The smallest absolute Gasteiger partial charge is 0.230 e. The largest absolute Gasteiger partial charge is 0.496 e. The Labute approximate surface area is 223 Å². The molecule has 0 saturated carbocycles. The Hall–Kier alpha value is -3.20. The summed E-state index contributed by atoms with van der Waals surface area (Å²) in [6.07, 6.45) is 0. The Morgan fingerprint density at radius 2 is 1.72 bits per heavy atom. The van der Waals surface area contributed by atoms with Crippen LogP contribution in [0.25, 0.3) is 17.1 Å². The monoisotopic (exact) mass is 542 g/mol. The van der Waals surface area contributed by atoms with E-state index in [4.69, 9.17) is 32.7 Å². The van der Waals surface area contributed by atoms with Gasteiger partial charge < -0.3 is 14.8 Å². The predicted octanol–water partition coefficient (Wildman–Crippen LogP) is 6.23. The first-order chi connectivity index (χ1) is 17.4. The van der Waals surface area contributed by atoms with Crippen LogP contribution in [0, 0.1) is 0 Å². The number of rotatable bonds is 9. The fourth-order valence-electron chi connectivity index (χ4n) is 3.66. The molecule has 4 rings (SSSR count). The molecule has 0 radical (unpaired) electrons. The maximum Gasteiger partial charge on any atom is 0.230 e. The van der Waals surface area contributed by atoms with Gasteiger partial charge in [-0.25, -0.2) is 0 Å². The molecule has 36 heavy (non-hydrogen) atoms. The number of ether oxygens (including phenoxy) is 2. The van der Waals surface area contributed by atoms with Crippen LogP contribution in [0.5, 0.6) is 11.5 Å². The van der Waals surface area contributed by atoms with Gasteiger partial charge in [0, 0.05) is 5.02 Å². The van der Waals surface area contributed by atoms with Crippen molar-refractivity contribution in [3.8, 4) is 28.6 Å². The Bertz CT molecular complexity index is 1360. The molecule has 1 amide bonds. The average molecular weight is 543 g/mol. The van der Waals surface area contributed by atoms with Gasteiger partial charge in [-0.15, -0.1) is 10.2 Å². The lowest BCUT2D eigenvalue weighted by molar-refractivity contribution is -0.119. The molecule has 0 aliphatic heterocycles. The Morgan fingerprint density at radius 1 is 1.00 bits per heavy atom. The van der Waals surface area contributed by atoms with Gasteiger partial charge in [-0.05, 0) is 48.9 Å². The van der Waals surface area contributed by atoms with Gasteiger partial charge in [0.25, 0.3) is 0 Å². The van der Waals surface area contributed by atoms with Crippen LogP contribution in [0.1, 0.15) is 18.5 Å². The number of nitrogens with one attached hydrogen (secondary N) is 1. The Balaban J connectivity index is 1.66. The number of carbonyl (C=O) groups is 1. The van der Waals surface area contributed by atoms with Crippen LogP contribution in [-0.2, 0) is 4.79 Å². The lowest BCUT2D eigenvalue weighted by Crippen LogP contribution is -2.28. The summed E-state index contributed by atoms with van der Waals surface area (Å²) in [7, 11) is 3.13. The zero-order chi connectivity index (χ0) is 25.7. The Morgan fingerprint density at radius 3 is 2.42 bits per heavy atom. The molecule has 0 aliphatic rings. The van der Waals surface area contributed by atoms with E-state index < -0.39 is 0 Å². The summed E-state index contributed by atoms with van der Waals surface area (Å²) in [5.41, 5.74) is 2.38. The van der Waals surface area contributed by atoms with E-state index in [1.807, 2.05) is 47.9 Å². The third kappa shape index (κ3) is 5.78. The third-order valence-electron chi connectivity index (χ3n) is 5.44. The minimum Gasteiger partial charge on any atom is -0.496 e. The van der Waals surface area contributed by atoms with Crippen molar-refractivity contribution < 1.29 is 14.3 Å². The lowest BCUT2D eigenvalue weighted by atomic mass is 10.1. The molecule has 7 nitrogen and oxygen atoms in total. The van der Waals surface area contributed by atoms with E-state index in [0.29, 0.717) is 43.8 Å². The van der Waals surface area contributed by atoms with Crippen LogP contribution in [0.15, 0.2) is 71.9 Å². The molecule has 1 aromatic heterocycles. The second kappa shape index (κ2) is 11.7. The molecule has 0 spiro atoms. The van der Waals surface area contributed by atoms with Gasteiger partial charge in [-0.1, -0.05) is 65.3 Å². The summed E-state index contributed by atoms with van der Waals surface area (Å²) < 4.78 is 12.7. The van der Waals surface area contributed by atoms with Crippen molar-refractivity contribution in [2.24, 2.45) is 0 Å². The summed E-state index contributed by atoms with van der Waals surface area (Å²) in [5.74, 6) is 1.64. The van der Waals surface area contributed by atoms with Crippen LogP contribution in [0.2, 0.25) is 10.0 Å². The van der Waals surface area contributed by atoms with E-state index >= 15 is 0 Å². The van der Waals surface area contributed by atoms with Crippen molar-refractivity contribution in [3.05, 3.63) is 82.3 Å². The normalized spacial score (nSPS) is 11.7. The van der Waals surface area contributed by atoms with Crippen LogP contribution < -0.4 is 14.8 Å². The minimum atomic E-state index is -0.124. The molecule has 0 saturated heterocycles. The first-order valence-electron chi connectivity index (χ1n) is 11.0. The zero-order valence-electron chi connectivity index (χ0n) is 19.9. The second-order valence-corrected chi connectivity index (χ2v) is 9.58. The van der Waals surface area contributed by atoms with Gasteiger partial charge in [-0.3, -0.25) is 9.36 Å². The molecule has 1 heterocycles. The summed E-state index contributed by atoms with van der Waals surface area (Å²) in [4.78, 5) is 12.7. The molecule has 4 aromatic rings. The molecule has 0 unspecified atom stereocenters. The van der Waals surface area contributed by atoms with Crippen LogP contribution in [-0.4, -0.2) is 40.6 Å². The number of benzene rings is 3. The average Bonchev–Trinajstić information content (AvgIpc) is 3.31. The first kappa shape index (κ1) is 25.9. The zero-order valence-corrected chi connectivity index (χ0v) is 22.2. The van der Waals surface area contributed by atoms with Crippen molar-refractivity contribution in [2.45, 2.75) is 18.1 Å².